The molecule has 0 saturated carbocycles. The third-order valence-electron chi connectivity index (χ3n) is 2.69. The molecule has 0 aliphatic carbocycles. The zero-order valence-corrected chi connectivity index (χ0v) is 11.1. The lowest BCUT2D eigenvalue weighted by Crippen LogP contribution is -2.51. The normalized spacial score (nSPS) is 11.5. The first-order valence-electron chi connectivity index (χ1n) is 6.05. The predicted molar refractivity (Wildman–Crippen MR) is 73.8 cm³/mol. The molecule has 0 fully saturated rings. The van der Waals surface area contributed by atoms with Crippen LogP contribution in [0.1, 0.15) is 5.56 Å². The van der Waals surface area contributed by atoms with Crippen LogP contribution < -0.4 is 5.43 Å². The van der Waals surface area contributed by atoms with Crippen molar-refractivity contribution in [3.8, 4) is 0 Å². The molecule has 94 valence electrons. The highest BCUT2D eigenvalue weighted by Gasteiger charge is 2.13. The number of carbonyl (C=O) groups excluding carboxylic acids is 1. The molecule has 0 heterocycles. The summed E-state index contributed by atoms with van der Waals surface area (Å²) >= 11 is 0. The van der Waals surface area contributed by atoms with E-state index < -0.39 is 0 Å². The van der Waals surface area contributed by atoms with Gasteiger partial charge in [-0.15, -0.1) is 0 Å². The summed E-state index contributed by atoms with van der Waals surface area (Å²) in [5.74, 6) is 0.0406. The monoisotopic (exact) mass is 243 g/mol. The van der Waals surface area contributed by atoms with Crippen molar-refractivity contribution >= 4 is 16.7 Å². The van der Waals surface area contributed by atoms with Crippen LogP contribution in [0.4, 0.5) is 0 Å². The Kier molecular flexibility index (Phi) is 3.34. The summed E-state index contributed by atoms with van der Waals surface area (Å²) in [6.07, 6.45) is 0.414. The Morgan fingerprint density at radius 1 is 1.06 bits per heavy atom. The minimum Gasteiger partial charge on any atom is -0.270 e. The Morgan fingerprint density at radius 2 is 1.72 bits per heavy atom. The highest BCUT2D eigenvalue weighted by molar-refractivity contribution is 5.89. The molecule has 0 unspecified atom stereocenters. The lowest BCUT2D eigenvalue weighted by molar-refractivity contribution is -0.906. The van der Waals surface area contributed by atoms with E-state index in [-0.39, 0.29) is 5.91 Å². The molecule has 2 aromatic rings. The largest absolute Gasteiger partial charge is 0.270 e. The summed E-state index contributed by atoms with van der Waals surface area (Å²) in [4.78, 5) is 11.9. The van der Waals surface area contributed by atoms with Crippen molar-refractivity contribution in [3.05, 3.63) is 48.0 Å². The first kappa shape index (κ1) is 12.6. The Hall–Kier alpha value is -1.87. The van der Waals surface area contributed by atoms with Crippen LogP contribution in [0.5, 0.6) is 0 Å². The summed E-state index contributed by atoms with van der Waals surface area (Å²) in [5.41, 5.74) is 4.00. The van der Waals surface area contributed by atoms with Crippen molar-refractivity contribution < 1.29 is 9.39 Å². The number of amides is 1. The fourth-order valence-electron chi connectivity index (χ4n) is 2.03. The smallest absolute Gasteiger partial charge is 0.269 e. The first-order valence-corrected chi connectivity index (χ1v) is 6.05. The maximum absolute atomic E-state index is 11.9. The van der Waals surface area contributed by atoms with Gasteiger partial charge < -0.3 is 0 Å². The molecule has 1 amide bonds. The van der Waals surface area contributed by atoms with Gasteiger partial charge in [-0.2, -0.15) is 0 Å². The Bertz CT molecular complexity index is 565. The van der Waals surface area contributed by atoms with Gasteiger partial charge in [0.25, 0.3) is 5.91 Å². The van der Waals surface area contributed by atoms with E-state index >= 15 is 0 Å². The van der Waals surface area contributed by atoms with Crippen LogP contribution in [0.2, 0.25) is 0 Å². The molecule has 0 bridgehead atoms. The lowest BCUT2D eigenvalue weighted by Gasteiger charge is -2.23. The highest BCUT2D eigenvalue weighted by atomic mass is 16.2. The van der Waals surface area contributed by atoms with Crippen molar-refractivity contribution in [3.63, 3.8) is 0 Å². The molecule has 0 aromatic heterocycles. The molecule has 0 aliphatic heterocycles. The summed E-state index contributed by atoms with van der Waals surface area (Å²) in [6, 6.07) is 14.2. The standard InChI is InChI=1S/C15H18N2O/c1-17(2,3)16-15(18)11-13-9-6-8-12-7-4-5-10-14(12)13/h4-10H,11H2,1-3H3/p+1. The number of hydrogen-bond acceptors (Lipinski definition) is 1. The zero-order valence-electron chi connectivity index (χ0n) is 11.1. The topological polar surface area (TPSA) is 29.1 Å². The summed E-state index contributed by atoms with van der Waals surface area (Å²) in [5, 5.41) is 2.32. The second-order valence-electron chi connectivity index (χ2n) is 5.36. The van der Waals surface area contributed by atoms with Crippen molar-refractivity contribution in [2.24, 2.45) is 0 Å². The average Bonchev–Trinajstić information content (AvgIpc) is 2.27. The summed E-state index contributed by atoms with van der Waals surface area (Å²) in [6.45, 7) is 0. The molecule has 0 spiro atoms. The molecule has 2 aromatic carbocycles. The number of nitrogens with one attached hydrogen (secondary N) is 1. The van der Waals surface area contributed by atoms with E-state index in [4.69, 9.17) is 0 Å². The number of nitrogens with zero attached hydrogens (tertiary/aromatic N) is 1. The fraction of sp³-hybridized carbons (Fsp3) is 0.267. The molecule has 0 radical (unpaired) electrons. The van der Waals surface area contributed by atoms with Crippen LogP contribution >= 0.6 is 0 Å². The Balaban J connectivity index is 2.24. The highest BCUT2D eigenvalue weighted by Crippen LogP contribution is 2.18. The van der Waals surface area contributed by atoms with Gasteiger partial charge >= 0.3 is 0 Å². The molecule has 2 rings (SSSR count). The summed E-state index contributed by atoms with van der Waals surface area (Å²) < 4.78 is 0.434. The van der Waals surface area contributed by atoms with E-state index in [0.717, 1.165) is 10.9 Å². The number of rotatable bonds is 3. The van der Waals surface area contributed by atoms with E-state index in [1.54, 1.807) is 0 Å². The van der Waals surface area contributed by atoms with Crippen LogP contribution in [-0.4, -0.2) is 31.6 Å². The molecule has 0 saturated heterocycles. The summed E-state index contributed by atoms with van der Waals surface area (Å²) in [7, 11) is 5.79. The Labute approximate surface area is 108 Å². The minimum atomic E-state index is 0.0406. The first-order chi connectivity index (χ1) is 8.46. The minimum absolute atomic E-state index is 0.0406. The zero-order chi connectivity index (χ0) is 13.2. The van der Waals surface area contributed by atoms with Crippen molar-refractivity contribution in [1.82, 2.24) is 5.43 Å². The van der Waals surface area contributed by atoms with Crippen molar-refractivity contribution in [1.29, 1.82) is 0 Å². The van der Waals surface area contributed by atoms with Crippen molar-refractivity contribution in [2.45, 2.75) is 6.42 Å². The molecule has 0 atom stereocenters. The van der Waals surface area contributed by atoms with Gasteiger partial charge in [0.2, 0.25) is 0 Å². The lowest BCUT2D eigenvalue weighted by atomic mass is 10.0. The van der Waals surface area contributed by atoms with E-state index in [1.165, 1.54) is 5.39 Å². The number of hydrogen-bond donors (Lipinski definition) is 1. The van der Waals surface area contributed by atoms with Gasteiger partial charge in [0.15, 0.2) is 0 Å². The quantitative estimate of drug-likeness (QED) is 0.649. The Morgan fingerprint density at radius 3 is 2.44 bits per heavy atom. The molecule has 3 nitrogen and oxygen atoms in total. The molecule has 0 aliphatic rings. The van der Waals surface area contributed by atoms with Gasteiger partial charge in [-0.05, 0) is 16.3 Å². The van der Waals surface area contributed by atoms with Gasteiger partial charge in [-0.25, -0.2) is 10.0 Å². The third kappa shape index (κ3) is 3.08. The maximum atomic E-state index is 11.9. The number of quaternary nitrogens is 1. The van der Waals surface area contributed by atoms with E-state index in [2.05, 4.69) is 23.6 Å². The van der Waals surface area contributed by atoms with Gasteiger partial charge in [-0.3, -0.25) is 4.79 Å². The van der Waals surface area contributed by atoms with E-state index in [1.807, 2.05) is 45.4 Å². The van der Waals surface area contributed by atoms with E-state index in [9.17, 15) is 4.79 Å². The van der Waals surface area contributed by atoms with Gasteiger partial charge in [0.05, 0.1) is 27.6 Å². The van der Waals surface area contributed by atoms with Crippen LogP contribution in [0.3, 0.4) is 0 Å². The van der Waals surface area contributed by atoms with Crippen LogP contribution in [-0.2, 0) is 11.2 Å². The predicted octanol–water partition coefficient (Wildman–Crippen LogP) is 2.12. The average molecular weight is 243 g/mol. The second-order valence-corrected chi connectivity index (χ2v) is 5.36. The SMILES string of the molecule is C[N+](C)(C)NC(=O)Cc1cccc2ccccc12. The molecule has 1 N–H and O–H groups in total. The molecule has 18 heavy (non-hydrogen) atoms. The number of carbonyl (C=O) groups is 1. The van der Waals surface area contributed by atoms with Crippen LogP contribution in [0.25, 0.3) is 10.8 Å². The molecule has 3 heteroatoms. The molecular weight excluding hydrogens is 224 g/mol. The van der Waals surface area contributed by atoms with Gasteiger partial charge in [0.1, 0.15) is 0 Å². The fourth-order valence-corrected chi connectivity index (χ4v) is 2.03. The van der Waals surface area contributed by atoms with Crippen LogP contribution in [0, 0.1) is 0 Å². The molecular formula is C15H19N2O+. The van der Waals surface area contributed by atoms with Gasteiger partial charge in [-0.1, -0.05) is 42.5 Å². The van der Waals surface area contributed by atoms with Crippen molar-refractivity contribution in [2.75, 3.05) is 21.1 Å². The number of fused-ring (bicyclic) bond motifs is 1. The van der Waals surface area contributed by atoms with Gasteiger partial charge in [0, 0.05) is 0 Å². The second kappa shape index (κ2) is 4.78. The van der Waals surface area contributed by atoms with Crippen LogP contribution in [0.15, 0.2) is 42.5 Å². The van der Waals surface area contributed by atoms with E-state index in [0.29, 0.717) is 11.0 Å². The third-order valence-corrected chi connectivity index (χ3v) is 2.69. The maximum Gasteiger partial charge on any atom is 0.269 e. The number of benzene rings is 2.